The average Bonchev–Trinajstić information content (AvgIpc) is 2.95. The van der Waals surface area contributed by atoms with E-state index < -0.39 is 0 Å². The standard InChI is InChI=1S/C14H26N2O/c1-14(8-4-5-9-14)11-16-13(17)10-15-12-6-2-3-7-12/h12,15H,2-11H2,1H3,(H,16,17). The SMILES string of the molecule is CC1(CNC(=O)CNC2CCCC2)CCCC1. The quantitative estimate of drug-likeness (QED) is 0.771. The lowest BCUT2D eigenvalue weighted by atomic mass is 9.89. The fourth-order valence-corrected chi connectivity index (χ4v) is 3.15. The van der Waals surface area contributed by atoms with E-state index in [9.17, 15) is 4.79 Å². The zero-order valence-electron chi connectivity index (χ0n) is 11.1. The summed E-state index contributed by atoms with van der Waals surface area (Å²) in [7, 11) is 0. The van der Waals surface area contributed by atoms with Crippen LogP contribution >= 0.6 is 0 Å². The first-order chi connectivity index (χ1) is 8.18. The number of hydrogen-bond donors (Lipinski definition) is 2. The molecule has 2 saturated carbocycles. The Labute approximate surface area is 105 Å². The summed E-state index contributed by atoms with van der Waals surface area (Å²) in [6.07, 6.45) is 10.3. The van der Waals surface area contributed by atoms with Gasteiger partial charge in [-0.25, -0.2) is 0 Å². The summed E-state index contributed by atoms with van der Waals surface area (Å²) in [5.74, 6) is 0.171. The molecule has 3 heteroatoms. The fraction of sp³-hybridized carbons (Fsp3) is 0.929. The molecule has 0 aliphatic heterocycles. The molecular formula is C14H26N2O. The van der Waals surface area contributed by atoms with Crippen LogP contribution in [-0.2, 0) is 4.79 Å². The van der Waals surface area contributed by atoms with E-state index in [4.69, 9.17) is 0 Å². The van der Waals surface area contributed by atoms with Crippen LogP contribution < -0.4 is 10.6 Å². The Kier molecular flexibility index (Phi) is 4.43. The molecule has 2 rings (SSSR count). The molecule has 2 N–H and O–H groups in total. The number of carbonyl (C=O) groups is 1. The van der Waals surface area contributed by atoms with Gasteiger partial charge in [0.2, 0.25) is 5.91 Å². The lowest BCUT2D eigenvalue weighted by Gasteiger charge is -2.24. The molecule has 2 aliphatic carbocycles. The Balaban J connectivity index is 1.60. The lowest BCUT2D eigenvalue weighted by Crippen LogP contribution is -2.41. The van der Waals surface area contributed by atoms with Crippen LogP contribution in [0.2, 0.25) is 0 Å². The third kappa shape index (κ3) is 3.98. The molecule has 2 aliphatic rings. The Morgan fingerprint density at radius 2 is 1.82 bits per heavy atom. The van der Waals surface area contributed by atoms with E-state index in [2.05, 4.69) is 17.6 Å². The van der Waals surface area contributed by atoms with Crippen molar-refractivity contribution in [2.45, 2.75) is 64.3 Å². The van der Waals surface area contributed by atoms with Crippen molar-refractivity contribution >= 4 is 5.91 Å². The highest BCUT2D eigenvalue weighted by Crippen LogP contribution is 2.36. The van der Waals surface area contributed by atoms with Crippen LogP contribution in [0.25, 0.3) is 0 Å². The molecule has 0 spiro atoms. The van der Waals surface area contributed by atoms with Crippen molar-refractivity contribution in [2.24, 2.45) is 5.41 Å². The van der Waals surface area contributed by atoms with E-state index in [1.807, 2.05) is 0 Å². The monoisotopic (exact) mass is 238 g/mol. The van der Waals surface area contributed by atoms with Gasteiger partial charge in [-0.05, 0) is 31.1 Å². The molecule has 0 bridgehead atoms. The first-order valence-corrected chi connectivity index (χ1v) is 7.18. The third-order valence-corrected chi connectivity index (χ3v) is 4.43. The molecule has 0 unspecified atom stereocenters. The molecule has 0 heterocycles. The second kappa shape index (κ2) is 5.85. The minimum absolute atomic E-state index is 0.171. The smallest absolute Gasteiger partial charge is 0.233 e. The number of amides is 1. The molecule has 0 aromatic heterocycles. The second-order valence-electron chi connectivity index (χ2n) is 6.16. The van der Waals surface area contributed by atoms with Gasteiger partial charge >= 0.3 is 0 Å². The molecule has 98 valence electrons. The summed E-state index contributed by atoms with van der Waals surface area (Å²) < 4.78 is 0. The van der Waals surface area contributed by atoms with Gasteiger partial charge in [0.05, 0.1) is 6.54 Å². The van der Waals surface area contributed by atoms with Gasteiger partial charge in [0.15, 0.2) is 0 Å². The zero-order chi connectivity index (χ0) is 12.1. The maximum Gasteiger partial charge on any atom is 0.233 e. The van der Waals surface area contributed by atoms with Gasteiger partial charge in [0.25, 0.3) is 0 Å². The van der Waals surface area contributed by atoms with Crippen molar-refractivity contribution in [1.29, 1.82) is 0 Å². The summed E-state index contributed by atoms with van der Waals surface area (Å²) in [6.45, 7) is 3.66. The summed E-state index contributed by atoms with van der Waals surface area (Å²) in [4.78, 5) is 11.7. The van der Waals surface area contributed by atoms with E-state index in [0.29, 0.717) is 18.0 Å². The molecule has 3 nitrogen and oxygen atoms in total. The summed E-state index contributed by atoms with van der Waals surface area (Å²) in [5, 5.41) is 6.44. The summed E-state index contributed by atoms with van der Waals surface area (Å²) >= 11 is 0. The minimum Gasteiger partial charge on any atom is -0.354 e. The summed E-state index contributed by atoms with van der Waals surface area (Å²) in [5.41, 5.74) is 0.364. The Morgan fingerprint density at radius 3 is 2.47 bits per heavy atom. The van der Waals surface area contributed by atoms with E-state index in [1.54, 1.807) is 0 Å². The van der Waals surface area contributed by atoms with E-state index in [-0.39, 0.29) is 5.91 Å². The molecule has 0 saturated heterocycles. The first-order valence-electron chi connectivity index (χ1n) is 7.18. The van der Waals surface area contributed by atoms with Gasteiger partial charge in [-0.3, -0.25) is 4.79 Å². The highest BCUT2D eigenvalue weighted by Gasteiger charge is 2.28. The van der Waals surface area contributed by atoms with Crippen molar-refractivity contribution in [2.75, 3.05) is 13.1 Å². The topological polar surface area (TPSA) is 41.1 Å². The van der Waals surface area contributed by atoms with Crippen molar-refractivity contribution in [1.82, 2.24) is 10.6 Å². The van der Waals surface area contributed by atoms with Gasteiger partial charge in [-0.15, -0.1) is 0 Å². The van der Waals surface area contributed by atoms with Crippen LogP contribution in [0.5, 0.6) is 0 Å². The molecule has 0 atom stereocenters. The molecule has 1 amide bonds. The van der Waals surface area contributed by atoms with Crippen molar-refractivity contribution in [3.8, 4) is 0 Å². The highest BCUT2D eigenvalue weighted by molar-refractivity contribution is 5.78. The van der Waals surface area contributed by atoms with Gasteiger partial charge in [0.1, 0.15) is 0 Å². The van der Waals surface area contributed by atoms with Crippen LogP contribution in [0.15, 0.2) is 0 Å². The Bertz CT molecular complexity index is 253. The van der Waals surface area contributed by atoms with Crippen molar-refractivity contribution in [3.63, 3.8) is 0 Å². The normalized spacial score (nSPS) is 24.1. The average molecular weight is 238 g/mol. The van der Waals surface area contributed by atoms with Gasteiger partial charge in [0, 0.05) is 12.6 Å². The summed E-state index contributed by atoms with van der Waals surface area (Å²) in [6, 6.07) is 0.586. The van der Waals surface area contributed by atoms with Crippen LogP contribution in [0.4, 0.5) is 0 Å². The number of carbonyl (C=O) groups excluding carboxylic acids is 1. The van der Waals surface area contributed by atoms with E-state index in [1.165, 1.54) is 51.4 Å². The Hall–Kier alpha value is -0.570. The van der Waals surface area contributed by atoms with Crippen molar-refractivity contribution < 1.29 is 4.79 Å². The van der Waals surface area contributed by atoms with E-state index >= 15 is 0 Å². The molecule has 0 aromatic rings. The maximum atomic E-state index is 11.7. The largest absolute Gasteiger partial charge is 0.354 e. The van der Waals surface area contributed by atoms with Crippen molar-refractivity contribution in [3.05, 3.63) is 0 Å². The predicted molar refractivity (Wildman–Crippen MR) is 69.8 cm³/mol. The van der Waals surface area contributed by atoms with Crippen LogP contribution in [0.3, 0.4) is 0 Å². The van der Waals surface area contributed by atoms with Crippen LogP contribution in [0, 0.1) is 5.41 Å². The predicted octanol–water partition coefficient (Wildman–Crippen LogP) is 2.22. The molecule has 2 fully saturated rings. The number of rotatable bonds is 5. The van der Waals surface area contributed by atoms with Crippen LogP contribution in [-0.4, -0.2) is 25.0 Å². The third-order valence-electron chi connectivity index (χ3n) is 4.43. The van der Waals surface area contributed by atoms with E-state index in [0.717, 1.165) is 6.54 Å². The first kappa shape index (κ1) is 12.9. The molecular weight excluding hydrogens is 212 g/mol. The number of hydrogen-bond acceptors (Lipinski definition) is 2. The molecule has 0 radical (unpaired) electrons. The van der Waals surface area contributed by atoms with Gasteiger partial charge < -0.3 is 10.6 Å². The lowest BCUT2D eigenvalue weighted by molar-refractivity contribution is -0.120. The number of nitrogens with one attached hydrogen (secondary N) is 2. The zero-order valence-corrected chi connectivity index (χ0v) is 11.1. The Morgan fingerprint density at radius 1 is 1.18 bits per heavy atom. The van der Waals surface area contributed by atoms with Crippen LogP contribution in [0.1, 0.15) is 58.3 Å². The molecule has 0 aromatic carbocycles. The highest BCUT2D eigenvalue weighted by atomic mass is 16.1. The van der Waals surface area contributed by atoms with Gasteiger partial charge in [-0.1, -0.05) is 32.6 Å². The maximum absolute atomic E-state index is 11.7. The second-order valence-corrected chi connectivity index (χ2v) is 6.16. The van der Waals surface area contributed by atoms with Gasteiger partial charge in [-0.2, -0.15) is 0 Å². The minimum atomic E-state index is 0.171. The fourth-order valence-electron chi connectivity index (χ4n) is 3.15. The molecule has 17 heavy (non-hydrogen) atoms.